The van der Waals surface area contributed by atoms with E-state index in [2.05, 4.69) is 10.2 Å². The highest BCUT2D eigenvalue weighted by molar-refractivity contribution is 7.98. The summed E-state index contributed by atoms with van der Waals surface area (Å²) >= 11 is 13.5. The molecule has 0 aliphatic carbocycles. The lowest BCUT2D eigenvalue weighted by Gasteiger charge is -2.12. The molecule has 0 unspecified atom stereocenters. The Morgan fingerprint density at radius 3 is 2.42 bits per heavy atom. The molecule has 0 N–H and O–H groups in total. The Balaban J connectivity index is 1.76. The van der Waals surface area contributed by atoms with Gasteiger partial charge in [-0.15, -0.1) is 10.2 Å². The maximum atomic E-state index is 14.1. The summed E-state index contributed by atoms with van der Waals surface area (Å²) < 4.78 is 34.6. The molecule has 0 saturated heterocycles. The average Bonchev–Trinajstić information content (AvgIpc) is 3.20. The SMILES string of the molecule is COc1ccc(-c2nnc(SCc3cc(F)ccc3F)n2-c2ccc(Cl)c(Cl)c2)cc1. The number of halogens is 4. The zero-order valence-electron chi connectivity index (χ0n) is 16.2. The van der Waals surface area contributed by atoms with E-state index < -0.39 is 11.6 Å². The molecule has 0 fully saturated rings. The normalized spacial score (nSPS) is 11.0. The van der Waals surface area contributed by atoms with Crippen molar-refractivity contribution in [1.29, 1.82) is 0 Å². The fraction of sp³-hybridized carbons (Fsp3) is 0.0909. The second-order valence-corrected chi connectivity index (χ2v) is 8.25. The van der Waals surface area contributed by atoms with Gasteiger partial charge < -0.3 is 4.74 Å². The van der Waals surface area contributed by atoms with Gasteiger partial charge in [0.15, 0.2) is 11.0 Å². The van der Waals surface area contributed by atoms with Crippen molar-refractivity contribution in [3.05, 3.63) is 87.9 Å². The van der Waals surface area contributed by atoms with Gasteiger partial charge in [0.1, 0.15) is 17.4 Å². The lowest BCUT2D eigenvalue weighted by molar-refractivity contribution is 0.415. The molecule has 3 aromatic carbocycles. The molecule has 0 amide bonds. The highest BCUT2D eigenvalue weighted by Crippen LogP contribution is 2.33. The van der Waals surface area contributed by atoms with Crippen LogP contribution in [0.5, 0.6) is 5.75 Å². The third-order valence-electron chi connectivity index (χ3n) is 4.51. The van der Waals surface area contributed by atoms with E-state index in [1.54, 1.807) is 29.9 Å². The molecule has 0 saturated carbocycles. The largest absolute Gasteiger partial charge is 0.497 e. The van der Waals surface area contributed by atoms with E-state index in [1.807, 2.05) is 24.3 Å². The summed E-state index contributed by atoms with van der Waals surface area (Å²) in [5.74, 6) is 0.460. The van der Waals surface area contributed by atoms with Gasteiger partial charge in [0.2, 0.25) is 0 Å². The summed E-state index contributed by atoms with van der Waals surface area (Å²) in [5, 5.41) is 9.90. The van der Waals surface area contributed by atoms with Crippen molar-refractivity contribution in [2.24, 2.45) is 0 Å². The number of ether oxygens (including phenoxy) is 1. The highest BCUT2D eigenvalue weighted by Gasteiger charge is 2.18. The summed E-state index contributed by atoms with van der Waals surface area (Å²) in [4.78, 5) is 0. The molecule has 4 rings (SSSR count). The minimum atomic E-state index is -0.498. The van der Waals surface area contributed by atoms with Gasteiger partial charge in [0.05, 0.1) is 22.8 Å². The first-order valence-corrected chi connectivity index (χ1v) is 10.8. The maximum absolute atomic E-state index is 14.1. The topological polar surface area (TPSA) is 39.9 Å². The van der Waals surface area contributed by atoms with Crippen molar-refractivity contribution in [3.63, 3.8) is 0 Å². The van der Waals surface area contributed by atoms with E-state index in [1.165, 1.54) is 17.8 Å². The quantitative estimate of drug-likeness (QED) is 0.285. The minimum absolute atomic E-state index is 0.172. The highest BCUT2D eigenvalue weighted by atomic mass is 35.5. The molecule has 1 aromatic heterocycles. The number of hydrogen-bond donors (Lipinski definition) is 0. The van der Waals surface area contributed by atoms with E-state index >= 15 is 0 Å². The van der Waals surface area contributed by atoms with Crippen LogP contribution in [0.2, 0.25) is 10.0 Å². The lowest BCUT2D eigenvalue weighted by atomic mass is 10.2. The van der Waals surface area contributed by atoms with E-state index in [0.29, 0.717) is 32.5 Å². The van der Waals surface area contributed by atoms with Crippen molar-refractivity contribution in [3.8, 4) is 22.8 Å². The van der Waals surface area contributed by atoms with E-state index in [4.69, 9.17) is 27.9 Å². The van der Waals surface area contributed by atoms with Crippen molar-refractivity contribution in [1.82, 2.24) is 14.8 Å². The van der Waals surface area contributed by atoms with Crippen molar-refractivity contribution >= 4 is 35.0 Å². The molecular weight excluding hydrogens is 463 g/mol. The molecule has 0 aliphatic rings. The maximum Gasteiger partial charge on any atom is 0.196 e. The van der Waals surface area contributed by atoms with Crippen LogP contribution in [0.3, 0.4) is 0 Å². The number of thioether (sulfide) groups is 1. The Morgan fingerprint density at radius 1 is 0.935 bits per heavy atom. The first-order valence-electron chi connectivity index (χ1n) is 9.08. The lowest BCUT2D eigenvalue weighted by Crippen LogP contribution is -2.00. The van der Waals surface area contributed by atoms with E-state index in [9.17, 15) is 8.78 Å². The smallest absolute Gasteiger partial charge is 0.196 e. The molecular formula is C22H15Cl2F2N3OS. The van der Waals surface area contributed by atoms with Gasteiger partial charge in [-0.3, -0.25) is 4.57 Å². The number of benzene rings is 3. The van der Waals surface area contributed by atoms with Gasteiger partial charge in [-0.2, -0.15) is 0 Å². The standard InChI is InChI=1S/C22H15Cl2F2N3OS/c1-30-17-6-2-13(3-7-17)21-27-28-22(29(21)16-5-8-18(23)19(24)11-16)31-12-14-10-15(25)4-9-20(14)26/h2-11H,12H2,1H3. The Labute approximate surface area is 191 Å². The first kappa shape index (κ1) is 21.6. The fourth-order valence-electron chi connectivity index (χ4n) is 2.94. The summed E-state index contributed by atoms with van der Waals surface area (Å²) in [6.45, 7) is 0. The Kier molecular flexibility index (Phi) is 6.46. The molecule has 4 nitrogen and oxygen atoms in total. The van der Waals surface area contributed by atoms with Gasteiger partial charge >= 0.3 is 0 Å². The molecule has 31 heavy (non-hydrogen) atoms. The molecule has 0 aliphatic heterocycles. The molecule has 0 radical (unpaired) electrons. The van der Waals surface area contributed by atoms with E-state index in [-0.39, 0.29) is 11.3 Å². The van der Waals surface area contributed by atoms with Crippen molar-refractivity contribution < 1.29 is 13.5 Å². The predicted octanol–water partition coefficient (Wildman–Crippen LogP) is 6.82. The van der Waals surface area contributed by atoms with Gasteiger partial charge in [-0.25, -0.2) is 8.78 Å². The van der Waals surface area contributed by atoms with Crippen LogP contribution in [0.25, 0.3) is 17.1 Å². The predicted molar refractivity (Wildman–Crippen MR) is 119 cm³/mol. The molecule has 9 heteroatoms. The van der Waals surface area contributed by atoms with Gasteiger partial charge in [-0.05, 0) is 60.7 Å². The molecule has 158 valence electrons. The first-order chi connectivity index (χ1) is 15.0. The number of methoxy groups -OCH3 is 1. The minimum Gasteiger partial charge on any atom is -0.497 e. The second kappa shape index (κ2) is 9.26. The van der Waals surface area contributed by atoms with Gasteiger partial charge in [0.25, 0.3) is 0 Å². The van der Waals surface area contributed by atoms with E-state index in [0.717, 1.165) is 17.7 Å². The number of nitrogens with zero attached hydrogens (tertiary/aromatic N) is 3. The van der Waals surface area contributed by atoms with Gasteiger partial charge in [0, 0.05) is 16.9 Å². The molecule has 0 bridgehead atoms. The summed E-state index contributed by atoms with van der Waals surface area (Å²) in [5.41, 5.74) is 1.72. The Bertz CT molecular complexity index is 1230. The zero-order chi connectivity index (χ0) is 22.0. The van der Waals surface area contributed by atoms with Crippen LogP contribution in [0.1, 0.15) is 5.56 Å². The average molecular weight is 478 g/mol. The third-order valence-corrected chi connectivity index (χ3v) is 6.22. The molecule has 4 aromatic rings. The Hall–Kier alpha value is -2.61. The third kappa shape index (κ3) is 4.69. The number of rotatable bonds is 6. The van der Waals surface area contributed by atoms with Crippen LogP contribution < -0.4 is 4.74 Å². The van der Waals surface area contributed by atoms with Crippen LogP contribution in [-0.2, 0) is 5.75 Å². The van der Waals surface area contributed by atoms with Crippen molar-refractivity contribution in [2.45, 2.75) is 10.9 Å². The summed E-state index contributed by atoms with van der Waals surface area (Å²) in [6, 6.07) is 15.9. The zero-order valence-corrected chi connectivity index (χ0v) is 18.5. The monoisotopic (exact) mass is 477 g/mol. The Morgan fingerprint density at radius 2 is 1.71 bits per heavy atom. The van der Waals surface area contributed by atoms with Crippen LogP contribution in [0.4, 0.5) is 8.78 Å². The van der Waals surface area contributed by atoms with Gasteiger partial charge in [-0.1, -0.05) is 35.0 Å². The summed E-state index contributed by atoms with van der Waals surface area (Å²) in [7, 11) is 1.59. The second-order valence-electron chi connectivity index (χ2n) is 6.49. The number of aromatic nitrogens is 3. The number of hydrogen-bond acceptors (Lipinski definition) is 4. The molecule has 0 spiro atoms. The van der Waals surface area contributed by atoms with Crippen LogP contribution >= 0.6 is 35.0 Å². The van der Waals surface area contributed by atoms with Crippen LogP contribution in [0, 0.1) is 11.6 Å². The van der Waals surface area contributed by atoms with Crippen molar-refractivity contribution in [2.75, 3.05) is 7.11 Å². The fourth-order valence-corrected chi connectivity index (χ4v) is 4.16. The van der Waals surface area contributed by atoms with Crippen LogP contribution in [-0.4, -0.2) is 21.9 Å². The van der Waals surface area contributed by atoms with Crippen LogP contribution in [0.15, 0.2) is 65.8 Å². The molecule has 1 heterocycles. The molecule has 0 atom stereocenters. The summed E-state index contributed by atoms with van der Waals surface area (Å²) in [6.07, 6.45) is 0.